The second kappa shape index (κ2) is 6.39. The third-order valence-corrected chi connectivity index (χ3v) is 2.27. The number of nitrogens with zero attached hydrogens (tertiary/aromatic N) is 1. The summed E-state index contributed by atoms with van der Waals surface area (Å²) in [6.45, 7) is 0.825. The van der Waals surface area contributed by atoms with Crippen molar-refractivity contribution in [3.8, 4) is 0 Å². The predicted molar refractivity (Wildman–Crippen MR) is 51.0 cm³/mol. The van der Waals surface area contributed by atoms with E-state index in [4.69, 9.17) is 0 Å². The maximum atomic E-state index is 10.5. The quantitative estimate of drug-likeness (QED) is 0.423. The van der Waals surface area contributed by atoms with Crippen LogP contribution in [0, 0.1) is 0 Å². The van der Waals surface area contributed by atoms with Crippen LogP contribution >= 0.6 is 0 Å². The van der Waals surface area contributed by atoms with Crippen LogP contribution in [0.25, 0.3) is 0 Å². The Balaban J connectivity index is 0.00000169. The van der Waals surface area contributed by atoms with Crippen molar-refractivity contribution in [1.82, 2.24) is 4.90 Å². The van der Waals surface area contributed by atoms with Crippen molar-refractivity contribution in [3.05, 3.63) is 29.8 Å². The largest absolute Gasteiger partial charge is 1.00 e. The molecular weight excluding hydrogens is 193 g/mol. The maximum absolute atomic E-state index is 10.5. The van der Waals surface area contributed by atoms with Gasteiger partial charge in [-0.2, -0.15) is 0 Å². The summed E-state index contributed by atoms with van der Waals surface area (Å²) in [5.41, 5.74) is 1.11. The summed E-state index contributed by atoms with van der Waals surface area (Å²) in [5.74, 6) is 0. The Bertz CT molecular complexity index is 300. The van der Waals surface area contributed by atoms with Crippen molar-refractivity contribution < 1.29 is 27.6 Å². The SMILES string of the molecule is CN(C)Cc1ccc(S(=O)[O-])cc1.[Li+]. The molecular formula is C9H12LiNO2S. The molecule has 1 atom stereocenters. The van der Waals surface area contributed by atoms with Gasteiger partial charge in [-0.3, -0.25) is 4.21 Å². The predicted octanol–water partition coefficient (Wildman–Crippen LogP) is -2.01. The molecule has 1 aromatic carbocycles. The number of hydrogen-bond acceptors (Lipinski definition) is 3. The Morgan fingerprint density at radius 1 is 1.29 bits per heavy atom. The normalized spacial score (nSPS) is 12.3. The summed E-state index contributed by atoms with van der Waals surface area (Å²) in [7, 11) is 3.94. The van der Waals surface area contributed by atoms with Crippen molar-refractivity contribution in [2.24, 2.45) is 0 Å². The van der Waals surface area contributed by atoms with Crippen molar-refractivity contribution >= 4 is 11.1 Å². The van der Waals surface area contributed by atoms with Gasteiger partial charge in [0.1, 0.15) is 0 Å². The Hall–Kier alpha value is -0.113. The number of hydrogen-bond donors (Lipinski definition) is 0. The van der Waals surface area contributed by atoms with Crippen LogP contribution in [0.5, 0.6) is 0 Å². The summed E-state index contributed by atoms with van der Waals surface area (Å²) < 4.78 is 21.0. The number of rotatable bonds is 3. The van der Waals surface area contributed by atoms with Crippen LogP contribution < -0.4 is 18.9 Å². The fourth-order valence-corrected chi connectivity index (χ4v) is 1.43. The van der Waals surface area contributed by atoms with E-state index < -0.39 is 11.1 Å². The van der Waals surface area contributed by atoms with Crippen molar-refractivity contribution in [2.75, 3.05) is 14.1 Å². The van der Waals surface area contributed by atoms with Gasteiger partial charge in [-0.1, -0.05) is 12.1 Å². The average molecular weight is 205 g/mol. The Kier molecular flexibility index (Phi) is 6.33. The van der Waals surface area contributed by atoms with Gasteiger partial charge in [0.2, 0.25) is 0 Å². The molecule has 3 nitrogen and oxygen atoms in total. The van der Waals surface area contributed by atoms with E-state index >= 15 is 0 Å². The molecule has 0 amide bonds. The van der Waals surface area contributed by atoms with Crippen LogP contribution in [-0.2, 0) is 17.6 Å². The molecule has 1 aromatic rings. The molecule has 1 rings (SSSR count). The smallest absolute Gasteiger partial charge is 0.768 e. The van der Waals surface area contributed by atoms with Crippen LogP contribution in [-0.4, -0.2) is 27.8 Å². The van der Waals surface area contributed by atoms with Gasteiger partial charge in [-0.05, 0) is 42.9 Å². The molecule has 14 heavy (non-hydrogen) atoms. The molecule has 72 valence electrons. The summed E-state index contributed by atoms with van der Waals surface area (Å²) in [6.07, 6.45) is 0. The minimum Gasteiger partial charge on any atom is -0.768 e. The van der Waals surface area contributed by atoms with Crippen LogP contribution in [0.4, 0.5) is 0 Å². The third-order valence-electron chi connectivity index (χ3n) is 1.61. The molecule has 0 N–H and O–H groups in total. The fraction of sp³-hybridized carbons (Fsp3) is 0.333. The van der Waals surface area contributed by atoms with Crippen LogP contribution in [0.1, 0.15) is 5.56 Å². The maximum Gasteiger partial charge on any atom is 1.00 e. The Morgan fingerprint density at radius 2 is 1.79 bits per heavy atom. The first-order chi connectivity index (χ1) is 6.09. The van der Waals surface area contributed by atoms with Crippen LogP contribution in [0.2, 0.25) is 0 Å². The fourth-order valence-electron chi connectivity index (χ4n) is 1.07. The van der Waals surface area contributed by atoms with Gasteiger partial charge in [0.05, 0.1) is 0 Å². The molecule has 0 aliphatic carbocycles. The molecule has 0 spiro atoms. The van der Waals surface area contributed by atoms with E-state index in [9.17, 15) is 8.76 Å². The van der Waals surface area contributed by atoms with Crippen molar-refractivity contribution in [1.29, 1.82) is 0 Å². The van der Waals surface area contributed by atoms with Gasteiger partial charge in [-0.15, -0.1) is 0 Å². The molecule has 0 fully saturated rings. The van der Waals surface area contributed by atoms with Crippen molar-refractivity contribution in [2.45, 2.75) is 11.4 Å². The first-order valence-electron chi connectivity index (χ1n) is 3.92. The van der Waals surface area contributed by atoms with Gasteiger partial charge < -0.3 is 9.45 Å². The van der Waals surface area contributed by atoms with Crippen LogP contribution in [0.15, 0.2) is 29.2 Å². The Morgan fingerprint density at radius 3 is 2.14 bits per heavy atom. The zero-order valence-electron chi connectivity index (χ0n) is 8.69. The second-order valence-electron chi connectivity index (χ2n) is 3.12. The minimum absolute atomic E-state index is 0. The summed E-state index contributed by atoms with van der Waals surface area (Å²) in [6, 6.07) is 6.88. The Labute approximate surface area is 99.0 Å². The van der Waals surface area contributed by atoms with E-state index in [1.54, 1.807) is 12.1 Å². The van der Waals surface area contributed by atoms with Gasteiger partial charge in [0.15, 0.2) is 0 Å². The molecule has 0 saturated carbocycles. The molecule has 0 aromatic heterocycles. The number of benzene rings is 1. The summed E-state index contributed by atoms with van der Waals surface area (Å²) >= 11 is -2.11. The average Bonchev–Trinajstić information content (AvgIpc) is 2.04. The van der Waals surface area contributed by atoms with Gasteiger partial charge in [-0.25, -0.2) is 0 Å². The van der Waals surface area contributed by atoms with Gasteiger partial charge in [0, 0.05) is 11.4 Å². The monoisotopic (exact) mass is 205 g/mol. The van der Waals surface area contributed by atoms with Gasteiger partial charge in [0.25, 0.3) is 0 Å². The molecule has 0 aliphatic rings. The zero-order valence-corrected chi connectivity index (χ0v) is 9.50. The van der Waals surface area contributed by atoms with E-state index in [2.05, 4.69) is 0 Å². The molecule has 1 unspecified atom stereocenters. The minimum atomic E-state index is -2.11. The standard InChI is InChI=1S/C9H13NO2S.Li/c1-10(2)7-8-3-5-9(6-4-8)13(11)12;/h3-6H,7H2,1-2H3,(H,11,12);/q;+1/p-1. The zero-order chi connectivity index (χ0) is 9.84. The van der Waals surface area contributed by atoms with Gasteiger partial charge >= 0.3 is 18.9 Å². The molecule has 0 aliphatic heterocycles. The first-order valence-corrected chi connectivity index (χ1v) is 5.00. The van der Waals surface area contributed by atoms with E-state index in [0.717, 1.165) is 12.1 Å². The molecule has 0 bridgehead atoms. The molecule has 5 heteroatoms. The summed E-state index contributed by atoms with van der Waals surface area (Å²) in [4.78, 5) is 2.37. The molecule has 0 radical (unpaired) electrons. The van der Waals surface area contributed by atoms with E-state index in [-0.39, 0.29) is 18.9 Å². The summed E-state index contributed by atoms with van der Waals surface area (Å²) in [5, 5.41) is 0. The molecule has 0 heterocycles. The first kappa shape index (κ1) is 13.9. The van der Waals surface area contributed by atoms with E-state index in [0.29, 0.717) is 4.90 Å². The van der Waals surface area contributed by atoms with E-state index in [1.807, 2.05) is 31.1 Å². The molecule has 0 saturated heterocycles. The second-order valence-corrected chi connectivity index (χ2v) is 4.06. The van der Waals surface area contributed by atoms with E-state index in [1.165, 1.54) is 0 Å². The van der Waals surface area contributed by atoms with Crippen LogP contribution in [0.3, 0.4) is 0 Å². The van der Waals surface area contributed by atoms with Crippen molar-refractivity contribution in [3.63, 3.8) is 0 Å². The topological polar surface area (TPSA) is 43.4 Å². The third kappa shape index (κ3) is 4.40.